The number of halogens is 2. The van der Waals surface area contributed by atoms with E-state index >= 15 is 0 Å². The molecule has 8 heteroatoms. The van der Waals surface area contributed by atoms with Crippen molar-refractivity contribution >= 4 is 34.8 Å². The molecule has 3 atom stereocenters. The van der Waals surface area contributed by atoms with E-state index in [0.717, 1.165) is 12.8 Å². The van der Waals surface area contributed by atoms with E-state index in [4.69, 9.17) is 16.3 Å². The summed E-state index contributed by atoms with van der Waals surface area (Å²) in [5.41, 5.74) is 0.325. The maximum Gasteiger partial charge on any atom is 0.250 e. The van der Waals surface area contributed by atoms with E-state index in [1.165, 1.54) is 19.2 Å². The number of amides is 2. The average molecular weight is 430 g/mol. The Kier molecular flexibility index (Phi) is 4.48. The number of anilines is 2. The molecule has 0 radical (unpaired) electrons. The van der Waals surface area contributed by atoms with Crippen LogP contribution in [0.25, 0.3) is 0 Å². The summed E-state index contributed by atoms with van der Waals surface area (Å²) < 4.78 is 19.5. The summed E-state index contributed by atoms with van der Waals surface area (Å²) in [6, 6.07) is 9.33. The molecule has 0 saturated carbocycles. The number of carbonyl (C=O) groups is 2. The van der Waals surface area contributed by atoms with Crippen LogP contribution in [0.2, 0.25) is 5.02 Å². The Labute approximate surface area is 178 Å². The van der Waals surface area contributed by atoms with Crippen molar-refractivity contribution in [3.05, 3.63) is 52.8 Å². The number of benzene rings is 2. The second-order valence-electron chi connectivity index (χ2n) is 8.02. The van der Waals surface area contributed by atoms with E-state index in [0.29, 0.717) is 40.7 Å². The number of rotatable bonds is 3. The first kappa shape index (κ1) is 19.3. The van der Waals surface area contributed by atoms with Crippen LogP contribution >= 0.6 is 11.6 Å². The first-order chi connectivity index (χ1) is 14.4. The summed E-state index contributed by atoms with van der Waals surface area (Å²) in [4.78, 5) is 29.0. The zero-order chi connectivity index (χ0) is 21.0. The molecule has 5 rings (SSSR count). The monoisotopic (exact) mass is 429 g/mol. The number of nitrogens with zero attached hydrogens (tertiary/aromatic N) is 1. The van der Waals surface area contributed by atoms with Gasteiger partial charge in [-0.3, -0.25) is 14.5 Å². The van der Waals surface area contributed by atoms with Gasteiger partial charge in [0.2, 0.25) is 11.8 Å². The fraction of sp³-hybridized carbons (Fsp3) is 0.364. The molecule has 156 valence electrons. The van der Waals surface area contributed by atoms with E-state index in [1.807, 2.05) is 0 Å². The van der Waals surface area contributed by atoms with Crippen molar-refractivity contribution in [3.63, 3.8) is 0 Å². The van der Waals surface area contributed by atoms with Crippen LogP contribution in [-0.2, 0) is 15.1 Å². The van der Waals surface area contributed by atoms with Crippen LogP contribution in [0.15, 0.2) is 36.4 Å². The van der Waals surface area contributed by atoms with Gasteiger partial charge in [-0.2, -0.15) is 0 Å². The van der Waals surface area contributed by atoms with Crippen LogP contribution in [-0.4, -0.2) is 36.4 Å². The van der Waals surface area contributed by atoms with Gasteiger partial charge in [-0.05, 0) is 62.2 Å². The summed E-state index contributed by atoms with van der Waals surface area (Å²) >= 11 is 6.10. The summed E-state index contributed by atoms with van der Waals surface area (Å²) in [6.07, 6.45) is 2.38. The zero-order valence-electron chi connectivity index (χ0n) is 16.4. The standard InChI is InChI=1S/C22H21ClFN3O3/c1-30-19-7-4-12(23)9-18(19)25-20(28)16-11-14-3-2-8-27(14)22(16)15-10-13(24)5-6-17(15)26-21(22)29/h4-7,9-10,14,16H,2-3,8,11H2,1H3,(H,25,28)(H,26,29). The van der Waals surface area contributed by atoms with Crippen LogP contribution < -0.4 is 15.4 Å². The van der Waals surface area contributed by atoms with Crippen LogP contribution in [0.1, 0.15) is 24.8 Å². The van der Waals surface area contributed by atoms with E-state index < -0.39 is 17.3 Å². The Hall–Kier alpha value is -2.64. The number of hydrogen-bond donors (Lipinski definition) is 2. The Morgan fingerprint density at radius 2 is 2.17 bits per heavy atom. The number of nitrogens with one attached hydrogen (secondary N) is 2. The molecule has 2 amide bonds. The van der Waals surface area contributed by atoms with Gasteiger partial charge >= 0.3 is 0 Å². The normalized spacial score (nSPS) is 27.1. The Balaban J connectivity index is 1.59. The minimum atomic E-state index is -1.21. The van der Waals surface area contributed by atoms with Gasteiger partial charge in [0, 0.05) is 22.3 Å². The van der Waals surface area contributed by atoms with Crippen molar-refractivity contribution in [2.45, 2.75) is 30.8 Å². The number of methoxy groups -OCH3 is 1. The van der Waals surface area contributed by atoms with Gasteiger partial charge < -0.3 is 15.4 Å². The summed E-state index contributed by atoms with van der Waals surface area (Å²) in [5.74, 6) is -1.21. The molecule has 2 aromatic rings. The Bertz CT molecular complexity index is 1060. The fourth-order valence-corrected chi connectivity index (χ4v) is 5.57. The van der Waals surface area contributed by atoms with Gasteiger partial charge in [0.05, 0.1) is 18.7 Å². The first-order valence-electron chi connectivity index (χ1n) is 9.97. The molecule has 30 heavy (non-hydrogen) atoms. The lowest BCUT2D eigenvalue weighted by Crippen LogP contribution is -2.53. The van der Waals surface area contributed by atoms with Gasteiger partial charge in [0.15, 0.2) is 0 Å². The van der Waals surface area contributed by atoms with Crippen LogP contribution in [0.5, 0.6) is 5.75 Å². The first-order valence-corrected chi connectivity index (χ1v) is 10.4. The average Bonchev–Trinajstić information content (AvgIpc) is 3.37. The predicted octanol–water partition coefficient (Wildman–Crippen LogP) is 3.76. The fourth-order valence-electron chi connectivity index (χ4n) is 5.39. The zero-order valence-corrected chi connectivity index (χ0v) is 17.1. The smallest absolute Gasteiger partial charge is 0.250 e. The van der Waals surface area contributed by atoms with Crippen molar-refractivity contribution < 1.29 is 18.7 Å². The lowest BCUT2D eigenvalue weighted by molar-refractivity contribution is -0.135. The van der Waals surface area contributed by atoms with E-state index in [1.54, 1.807) is 24.3 Å². The maximum absolute atomic E-state index is 14.2. The molecule has 0 aromatic heterocycles. The highest BCUT2D eigenvalue weighted by Gasteiger charge is 2.65. The third-order valence-corrected chi connectivity index (χ3v) is 6.80. The van der Waals surface area contributed by atoms with Gasteiger partial charge in [0.1, 0.15) is 17.1 Å². The Morgan fingerprint density at radius 1 is 1.33 bits per heavy atom. The molecule has 2 fully saturated rings. The highest BCUT2D eigenvalue weighted by molar-refractivity contribution is 6.31. The molecule has 3 aliphatic heterocycles. The molecule has 3 heterocycles. The van der Waals surface area contributed by atoms with Crippen molar-refractivity contribution in [1.82, 2.24) is 4.90 Å². The molecule has 3 aliphatic rings. The largest absolute Gasteiger partial charge is 0.495 e. The second kappa shape index (κ2) is 6.96. The van der Waals surface area contributed by atoms with Gasteiger partial charge in [-0.1, -0.05) is 11.6 Å². The number of fused-ring (bicyclic) bond motifs is 4. The highest BCUT2D eigenvalue weighted by Crippen LogP contribution is 2.55. The summed E-state index contributed by atoms with van der Waals surface area (Å²) in [6.45, 7) is 0.693. The van der Waals surface area contributed by atoms with Gasteiger partial charge in [0.25, 0.3) is 0 Å². The van der Waals surface area contributed by atoms with Crippen LogP contribution in [0, 0.1) is 11.7 Å². The minimum absolute atomic E-state index is 0.0991. The third kappa shape index (κ3) is 2.65. The molecule has 1 spiro atoms. The Morgan fingerprint density at radius 3 is 2.97 bits per heavy atom. The lowest BCUT2D eigenvalue weighted by atomic mass is 9.78. The van der Waals surface area contributed by atoms with E-state index in [-0.39, 0.29) is 17.9 Å². The predicted molar refractivity (Wildman–Crippen MR) is 111 cm³/mol. The van der Waals surface area contributed by atoms with Gasteiger partial charge in [-0.25, -0.2) is 4.39 Å². The maximum atomic E-state index is 14.2. The van der Waals surface area contributed by atoms with E-state index in [2.05, 4.69) is 15.5 Å². The number of hydrogen-bond acceptors (Lipinski definition) is 4. The molecule has 6 nitrogen and oxygen atoms in total. The number of ether oxygens (including phenoxy) is 1. The third-order valence-electron chi connectivity index (χ3n) is 6.56. The SMILES string of the molecule is COc1ccc(Cl)cc1NC(=O)C1CC2CCCN2C12C(=O)Nc1ccc(F)cc12. The van der Waals surface area contributed by atoms with Gasteiger partial charge in [-0.15, -0.1) is 0 Å². The number of carbonyl (C=O) groups excluding carboxylic acids is 2. The highest BCUT2D eigenvalue weighted by atomic mass is 35.5. The van der Waals surface area contributed by atoms with Crippen molar-refractivity contribution in [1.29, 1.82) is 0 Å². The molecular weight excluding hydrogens is 409 g/mol. The second-order valence-corrected chi connectivity index (χ2v) is 8.46. The van der Waals surface area contributed by atoms with E-state index in [9.17, 15) is 14.0 Å². The lowest BCUT2D eigenvalue weighted by Gasteiger charge is -2.36. The molecule has 0 bridgehead atoms. The van der Waals surface area contributed by atoms with Crippen LogP contribution in [0.3, 0.4) is 0 Å². The van der Waals surface area contributed by atoms with Crippen molar-refractivity contribution in [3.8, 4) is 5.75 Å². The van der Waals surface area contributed by atoms with Crippen LogP contribution in [0.4, 0.5) is 15.8 Å². The minimum Gasteiger partial charge on any atom is -0.495 e. The molecule has 2 aromatic carbocycles. The summed E-state index contributed by atoms with van der Waals surface area (Å²) in [7, 11) is 1.51. The summed E-state index contributed by atoms with van der Waals surface area (Å²) in [5, 5.41) is 6.24. The van der Waals surface area contributed by atoms with Crippen molar-refractivity contribution in [2.75, 3.05) is 24.3 Å². The topological polar surface area (TPSA) is 70.7 Å². The molecule has 2 saturated heterocycles. The van der Waals surface area contributed by atoms with Crippen molar-refractivity contribution in [2.24, 2.45) is 5.92 Å². The molecular formula is C22H21ClFN3O3. The molecule has 0 aliphatic carbocycles. The molecule has 2 N–H and O–H groups in total. The molecule has 3 unspecified atom stereocenters. The quantitative estimate of drug-likeness (QED) is 0.779.